The van der Waals surface area contributed by atoms with Crippen molar-refractivity contribution in [2.45, 2.75) is 6.92 Å². The summed E-state index contributed by atoms with van der Waals surface area (Å²) >= 11 is 1.24. The van der Waals surface area contributed by atoms with Crippen LogP contribution in [0, 0.1) is 18.3 Å². The van der Waals surface area contributed by atoms with E-state index >= 15 is 0 Å². The number of nitrogens with one attached hydrogen (secondary N) is 1. The largest absolute Gasteiger partial charge is 0.324 e. The Morgan fingerprint density at radius 2 is 2.04 bits per heavy atom. The molecule has 0 saturated carbocycles. The number of ketones is 1. The molecule has 0 bridgehead atoms. The van der Waals surface area contributed by atoms with Crippen molar-refractivity contribution in [1.82, 2.24) is 4.90 Å². The van der Waals surface area contributed by atoms with Crippen molar-refractivity contribution in [2.75, 3.05) is 17.6 Å². The van der Waals surface area contributed by atoms with Gasteiger partial charge in [0.15, 0.2) is 5.78 Å². The predicted molar refractivity (Wildman–Crippen MR) is 108 cm³/mol. The third-order valence-electron chi connectivity index (χ3n) is 4.15. The summed E-state index contributed by atoms with van der Waals surface area (Å²) in [5.41, 5.74) is 2.31. The van der Waals surface area contributed by atoms with E-state index in [0.717, 1.165) is 5.56 Å². The van der Waals surface area contributed by atoms with E-state index in [1.165, 1.54) is 22.7 Å². The number of carbonyl (C=O) groups excluding carboxylic acids is 3. The number of nitrogens with zero attached hydrogens (tertiary/aromatic N) is 2. The molecule has 0 radical (unpaired) electrons. The molecule has 3 rings (SSSR count). The van der Waals surface area contributed by atoms with Gasteiger partial charge in [0.05, 0.1) is 22.4 Å². The molecule has 1 fully saturated rings. The van der Waals surface area contributed by atoms with Crippen molar-refractivity contribution >= 4 is 35.0 Å². The lowest BCUT2D eigenvalue weighted by Gasteiger charge is -2.16. The Morgan fingerprint density at radius 1 is 1.25 bits per heavy atom. The number of carbonyl (C=O) groups is 3. The second-order valence-corrected chi connectivity index (χ2v) is 7.17. The summed E-state index contributed by atoms with van der Waals surface area (Å²) in [6.45, 7) is 1.65. The van der Waals surface area contributed by atoms with Gasteiger partial charge in [-0.3, -0.25) is 19.3 Å². The fourth-order valence-corrected chi connectivity index (χ4v) is 3.69. The second-order valence-electron chi connectivity index (χ2n) is 6.17. The van der Waals surface area contributed by atoms with Crippen LogP contribution in [0.1, 0.15) is 21.5 Å². The molecule has 6 nitrogen and oxygen atoms in total. The minimum atomic E-state index is -0.403. The Kier molecular flexibility index (Phi) is 5.92. The highest BCUT2D eigenvalue weighted by Crippen LogP contribution is 2.29. The van der Waals surface area contributed by atoms with Gasteiger partial charge in [0, 0.05) is 17.3 Å². The Bertz CT molecular complexity index is 1020. The molecule has 1 heterocycles. The van der Waals surface area contributed by atoms with Crippen molar-refractivity contribution in [2.24, 2.45) is 0 Å². The monoisotopic (exact) mass is 391 g/mol. The lowest BCUT2D eigenvalue weighted by molar-refractivity contribution is -0.129. The first-order valence-corrected chi connectivity index (χ1v) is 9.51. The molecule has 0 atom stereocenters. The second kappa shape index (κ2) is 8.55. The van der Waals surface area contributed by atoms with Gasteiger partial charge in [-0.25, -0.2) is 0 Å². The molecule has 140 valence electrons. The molecule has 0 aromatic heterocycles. The SMILES string of the molecule is Cc1ccccc1C(=O)/C=C1\SCC(=O)N1CC(=O)Nc1cccc(C#N)c1. The first kappa shape index (κ1) is 19.4. The van der Waals surface area contributed by atoms with Crippen LogP contribution in [0.25, 0.3) is 0 Å². The van der Waals surface area contributed by atoms with Crippen LogP contribution < -0.4 is 5.32 Å². The van der Waals surface area contributed by atoms with Gasteiger partial charge < -0.3 is 5.32 Å². The maximum Gasteiger partial charge on any atom is 0.244 e. The van der Waals surface area contributed by atoms with Gasteiger partial charge in [-0.1, -0.05) is 42.1 Å². The van der Waals surface area contributed by atoms with E-state index in [4.69, 9.17) is 5.26 Å². The van der Waals surface area contributed by atoms with E-state index in [9.17, 15) is 14.4 Å². The van der Waals surface area contributed by atoms with E-state index in [2.05, 4.69) is 5.32 Å². The maximum atomic E-state index is 12.6. The zero-order chi connectivity index (χ0) is 20.1. The van der Waals surface area contributed by atoms with Crippen LogP contribution in [0.3, 0.4) is 0 Å². The maximum absolute atomic E-state index is 12.6. The molecule has 1 saturated heterocycles. The van der Waals surface area contributed by atoms with Gasteiger partial charge in [-0.2, -0.15) is 5.26 Å². The van der Waals surface area contributed by atoms with Gasteiger partial charge in [0.25, 0.3) is 0 Å². The minimum absolute atomic E-state index is 0.185. The van der Waals surface area contributed by atoms with Gasteiger partial charge in [0.2, 0.25) is 11.8 Å². The summed E-state index contributed by atoms with van der Waals surface area (Å²) in [5, 5.41) is 12.1. The average molecular weight is 391 g/mol. The number of rotatable bonds is 5. The van der Waals surface area contributed by atoms with E-state index in [1.807, 2.05) is 25.1 Å². The molecule has 2 aromatic rings. The van der Waals surface area contributed by atoms with Crippen LogP contribution in [-0.4, -0.2) is 34.8 Å². The van der Waals surface area contributed by atoms with Crippen molar-refractivity contribution < 1.29 is 14.4 Å². The van der Waals surface area contributed by atoms with Crippen molar-refractivity contribution in [3.8, 4) is 6.07 Å². The molecule has 1 aliphatic heterocycles. The highest BCUT2D eigenvalue weighted by atomic mass is 32.2. The fraction of sp³-hybridized carbons (Fsp3) is 0.143. The lowest BCUT2D eigenvalue weighted by Crippen LogP contribution is -2.34. The van der Waals surface area contributed by atoms with Gasteiger partial charge >= 0.3 is 0 Å². The van der Waals surface area contributed by atoms with Gasteiger partial charge in [-0.15, -0.1) is 0 Å². The number of hydrogen-bond acceptors (Lipinski definition) is 5. The Hall–Kier alpha value is -3.37. The Morgan fingerprint density at radius 3 is 2.79 bits per heavy atom. The number of benzene rings is 2. The molecular weight excluding hydrogens is 374 g/mol. The first-order chi connectivity index (χ1) is 13.5. The number of thioether (sulfide) groups is 1. The zero-order valence-corrected chi connectivity index (χ0v) is 16.0. The zero-order valence-electron chi connectivity index (χ0n) is 15.1. The summed E-state index contributed by atoms with van der Waals surface area (Å²) in [6, 6.07) is 15.7. The standard InChI is InChI=1S/C21H17N3O3S/c1-14-5-2-3-8-17(14)18(25)10-21-24(20(27)13-28-21)12-19(26)23-16-7-4-6-15(9-16)11-22/h2-10H,12-13H2,1H3,(H,23,26)/b21-10-. The summed E-state index contributed by atoms with van der Waals surface area (Å²) in [5.74, 6) is -0.651. The summed E-state index contributed by atoms with van der Waals surface area (Å²) in [7, 11) is 0. The van der Waals surface area contributed by atoms with Crippen LogP contribution in [-0.2, 0) is 9.59 Å². The Balaban J connectivity index is 1.73. The van der Waals surface area contributed by atoms with Crippen LogP contribution in [0.15, 0.2) is 59.6 Å². The van der Waals surface area contributed by atoms with E-state index in [0.29, 0.717) is 21.8 Å². The average Bonchev–Trinajstić information content (AvgIpc) is 3.01. The first-order valence-electron chi connectivity index (χ1n) is 8.53. The molecule has 1 N–H and O–H groups in total. The molecule has 1 aliphatic rings. The van der Waals surface area contributed by atoms with Crippen LogP contribution in [0.4, 0.5) is 5.69 Å². The highest BCUT2D eigenvalue weighted by molar-refractivity contribution is 8.04. The Labute approximate surface area is 166 Å². The molecule has 0 spiro atoms. The molecular formula is C21H17N3O3S. The number of nitriles is 1. The minimum Gasteiger partial charge on any atom is -0.324 e. The van der Waals surface area contributed by atoms with E-state index < -0.39 is 5.91 Å². The number of aryl methyl sites for hydroxylation is 1. The molecule has 7 heteroatoms. The summed E-state index contributed by atoms with van der Waals surface area (Å²) in [4.78, 5) is 38.4. The van der Waals surface area contributed by atoms with Crippen LogP contribution in [0.2, 0.25) is 0 Å². The molecule has 2 aromatic carbocycles. The summed E-state index contributed by atoms with van der Waals surface area (Å²) in [6.07, 6.45) is 1.40. The van der Waals surface area contributed by atoms with Gasteiger partial charge in [0.1, 0.15) is 6.54 Å². The normalized spacial score (nSPS) is 14.8. The fourth-order valence-electron chi connectivity index (χ4n) is 2.75. The third kappa shape index (κ3) is 4.48. The van der Waals surface area contributed by atoms with Crippen molar-refractivity contribution in [1.29, 1.82) is 5.26 Å². The van der Waals surface area contributed by atoms with Crippen molar-refractivity contribution in [3.63, 3.8) is 0 Å². The van der Waals surface area contributed by atoms with Crippen LogP contribution in [0.5, 0.6) is 0 Å². The quantitative estimate of drug-likeness (QED) is 0.625. The molecule has 0 unspecified atom stereocenters. The topological polar surface area (TPSA) is 90.3 Å². The lowest BCUT2D eigenvalue weighted by atomic mass is 10.1. The number of anilines is 1. The van der Waals surface area contributed by atoms with Crippen LogP contribution >= 0.6 is 11.8 Å². The molecule has 0 aliphatic carbocycles. The van der Waals surface area contributed by atoms with Crippen molar-refractivity contribution in [3.05, 3.63) is 76.3 Å². The van der Waals surface area contributed by atoms with E-state index in [-0.39, 0.29) is 24.0 Å². The number of allylic oxidation sites excluding steroid dienone is 1. The molecule has 28 heavy (non-hydrogen) atoms. The predicted octanol–water partition coefficient (Wildman–Crippen LogP) is 3.10. The number of hydrogen-bond donors (Lipinski definition) is 1. The van der Waals surface area contributed by atoms with E-state index in [1.54, 1.807) is 36.4 Å². The summed E-state index contributed by atoms with van der Waals surface area (Å²) < 4.78 is 0. The third-order valence-corrected chi connectivity index (χ3v) is 5.18. The number of amides is 2. The smallest absolute Gasteiger partial charge is 0.244 e. The highest BCUT2D eigenvalue weighted by Gasteiger charge is 2.29. The molecule has 2 amide bonds. The van der Waals surface area contributed by atoms with Gasteiger partial charge in [-0.05, 0) is 30.7 Å².